The van der Waals surface area contributed by atoms with E-state index in [2.05, 4.69) is 15.3 Å². The zero-order chi connectivity index (χ0) is 13.0. The van der Waals surface area contributed by atoms with Crippen molar-refractivity contribution >= 4 is 17.6 Å². The van der Waals surface area contributed by atoms with Gasteiger partial charge in [-0.1, -0.05) is 31.0 Å². The number of hydrogen-bond donors (Lipinski definition) is 2. The van der Waals surface area contributed by atoms with Gasteiger partial charge in [-0.15, -0.1) is 0 Å². The third-order valence-electron chi connectivity index (χ3n) is 3.58. The molecule has 0 spiro atoms. The molecule has 0 aromatic carbocycles. The van der Waals surface area contributed by atoms with Crippen molar-refractivity contribution in [3.63, 3.8) is 0 Å². The molecule has 1 saturated carbocycles. The van der Waals surface area contributed by atoms with E-state index in [1.54, 1.807) is 0 Å². The van der Waals surface area contributed by atoms with Crippen LogP contribution in [0.2, 0.25) is 0 Å². The molecule has 2 rings (SSSR count). The van der Waals surface area contributed by atoms with Gasteiger partial charge in [0.2, 0.25) is 0 Å². The van der Waals surface area contributed by atoms with E-state index >= 15 is 0 Å². The minimum absolute atomic E-state index is 0.621. The lowest BCUT2D eigenvalue weighted by Gasteiger charge is -2.23. The molecule has 0 unspecified atom stereocenters. The van der Waals surface area contributed by atoms with Crippen LogP contribution in [0.5, 0.6) is 0 Å². The first-order valence-corrected chi connectivity index (χ1v) is 7.83. The predicted octanol–water partition coefficient (Wildman–Crippen LogP) is 2.51. The molecule has 1 aromatic rings. The van der Waals surface area contributed by atoms with Gasteiger partial charge in [-0.05, 0) is 26.0 Å². The highest BCUT2D eigenvalue weighted by atomic mass is 32.2. The number of nitrogens with zero attached hydrogens (tertiary/aromatic N) is 2. The Balaban J connectivity index is 2.00. The summed E-state index contributed by atoms with van der Waals surface area (Å²) in [6, 6.07) is 0.637. The van der Waals surface area contributed by atoms with Crippen LogP contribution in [-0.4, -0.2) is 22.3 Å². The van der Waals surface area contributed by atoms with Crippen molar-refractivity contribution in [1.82, 2.24) is 15.3 Å². The molecular weight excluding hydrogens is 244 g/mol. The molecule has 0 radical (unpaired) electrons. The first kappa shape index (κ1) is 13.6. The highest BCUT2D eigenvalue weighted by molar-refractivity contribution is 7.98. The fraction of sp³-hybridized carbons (Fsp3) is 0.692. The number of rotatable bonds is 4. The van der Waals surface area contributed by atoms with Crippen LogP contribution in [0.4, 0.5) is 5.82 Å². The largest absolute Gasteiger partial charge is 0.383 e. The number of aryl methyl sites for hydroxylation is 1. The predicted molar refractivity (Wildman–Crippen MR) is 76.7 cm³/mol. The minimum atomic E-state index is 0.621. The third kappa shape index (κ3) is 3.36. The Hall–Kier alpha value is -0.810. The van der Waals surface area contributed by atoms with Crippen LogP contribution in [-0.2, 0) is 6.54 Å². The van der Waals surface area contributed by atoms with E-state index in [9.17, 15) is 0 Å². The quantitative estimate of drug-likeness (QED) is 0.647. The molecule has 0 amide bonds. The van der Waals surface area contributed by atoms with Crippen molar-refractivity contribution in [3.8, 4) is 0 Å². The number of nitrogens with one attached hydrogen (secondary N) is 1. The Bertz CT molecular complexity index is 379. The maximum absolute atomic E-state index is 6.01. The lowest BCUT2D eigenvalue weighted by atomic mass is 9.95. The van der Waals surface area contributed by atoms with E-state index in [4.69, 9.17) is 5.73 Å². The van der Waals surface area contributed by atoms with Gasteiger partial charge in [0.05, 0.1) is 0 Å². The van der Waals surface area contributed by atoms with Crippen LogP contribution < -0.4 is 11.1 Å². The van der Waals surface area contributed by atoms with Gasteiger partial charge in [0.1, 0.15) is 5.82 Å². The molecule has 0 bridgehead atoms. The van der Waals surface area contributed by atoms with Crippen molar-refractivity contribution in [2.75, 3.05) is 12.0 Å². The van der Waals surface area contributed by atoms with Crippen LogP contribution in [0.3, 0.4) is 0 Å². The van der Waals surface area contributed by atoms with Gasteiger partial charge in [0.15, 0.2) is 5.16 Å². The van der Waals surface area contributed by atoms with Crippen LogP contribution in [0, 0.1) is 6.92 Å². The molecule has 1 aliphatic rings. The molecule has 0 aliphatic heterocycles. The summed E-state index contributed by atoms with van der Waals surface area (Å²) >= 11 is 1.53. The normalized spacial score (nSPS) is 17.0. The highest BCUT2D eigenvalue weighted by Crippen LogP contribution is 2.20. The van der Waals surface area contributed by atoms with E-state index in [1.165, 1.54) is 43.9 Å². The van der Waals surface area contributed by atoms with Gasteiger partial charge in [-0.3, -0.25) is 0 Å². The Labute approximate surface area is 113 Å². The standard InChI is InChI=1S/C13H22N4S/c1-9-11(12(14)17-13(16-9)18-2)8-15-10-6-4-3-5-7-10/h10,15H,3-8H2,1-2H3,(H2,14,16,17). The smallest absolute Gasteiger partial charge is 0.189 e. The average Bonchev–Trinajstić information content (AvgIpc) is 2.38. The lowest BCUT2D eigenvalue weighted by Crippen LogP contribution is -2.31. The minimum Gasteiger partial charge on any atom is -0.383 e. The Kier molecular flexibility index (Phi) is 4.83. The Morgan fingerprint density at radius 1 is 1.28 bits per heavy atom. The third-order valence-corrected chi connectivity index (χ3v) is 4.13. The zero-order valence-corrected chi connectivity index (χ0v) is 12.0. The summed E-state index contributed by atoms with van der Waals surface area (Å²) in [4.78, 5) is 8.75. The number of aromatic nitrogens is 2. The molecular formula is C13H22N4S. The van der Waals surface area contributed by atoms with Crippen molar-refractivity contribution in [3.05, 3.63) is 11.3 Å². The summed E-state index contributed by atoms with van der Waals surface area (Å²) in [5.74, 6) is 0.621. The van der Waals surface area contributed by atoms with Crippen molar-refractivity contribution in [2.45, 2.75) is 56.8 Å². The van der Waals surface area contributed by atoms with Crippen molar-refractivity contribution in [2.24, 2.45) is 0 Å². The van der Waals surface area contributed by atoms with E-state index in [1.807, 2.05) is 13.2 Å². The summed E-state index contributed by atoms with van der Waals surface area (Å²) < 4.78 is 0. The Morgan fingerprint density at radius 3 is 2.61 bits per heavy atom. The maximum Gasteiger partial charge on any atom is 0.189 e. The molecule has 0 saturated heterocycles. The summed E-state index contributed by atoms with van der Waals surface area (Å²) in [6.07, 6.45) is 8.59. The van der Waals surface area contributed by atoms with E-state index in [0.29, 0.717) is 11.9 Å². The van der Waals surface area contributed by atoms with Crippen molar-refractivity contribution in [1.29, 1.82) is 0 Å². The molecule has 1 aliphatic carbocycles. The van der Waals surface area contributed by atoms with Crippen LogP contribution in [0.25, 0.3) is 0 Å². The zero-order valence-electron chi connectivity index (χ0n) is 11.2. The fourth-order valence-electron chi connectivity index (χ4n) is 2.45. The molecule has 100 valence electrons. The topological polar surface area (TPSA) is 63.8 Å². The summed E-state index contributed by atoms with van der Waals surface area (Å²) in [6.45, 7) is 2.80. The van der Waals surface area contributed by atoms with Gasteiger partial charge < -0.3 is 11.1 Å². The van der Waals surface area contributed by atoms with Gasteiger partial charge in [0.25, 0.3) is 0 Å². The summed E-state index contributed by atoms with van der Waals surface area (Å²) in [5, 5.41) is 4.35. The van der Waals surface area contributed by atoms with Gasteiger partial charge in [-0.25, -0.2) is 9.97 Å². The van der Waals surface area contributed by atoms with Gasteiger partial charge in [-0.2, -0.15) is 0 Å². The van der Waals surface area contributed by atoms with Crippen molar-refractivity contribution < 1.29 is 0 Å². The van der Waals surface area contributed by atoms with E-state index < -0.39 is 0 Å². The molecule has 5 heteroatoms. The number of nitrogen functional groups attached to an aromatic ring is 1. The first-order valence-electron chi connectivity index (χ1n) is 6.61. The number of hydrogen-bond acceptors (Lipinski definition) is 5. The maximum atomic E-state index is 6.01. The fourth-order valence-corrected chi connectivity index (χ4v) is 2.87. The monoisotopic (exact) mass is 266 g/mol. The molecule has 1 aromatic heterocycles. The van der Waals surface area contributed by atoms with Gasteiger partial charge >= 0.3 is 0 Å². The second kappa shape index (κ2) is 6.38. The summed E-state index contributed by atoms with van der Waals surface area (Å²) in [5.41, 5.74) is 8.06. The Morgan fingerprint density at radius 2 is 2.00 bits per heavy atom. The van der Waals surface area contributed by atoms with E-state index in [-0.39, 0.29) is 0 Å². The molecule has 18 heavy (non-hydrogen) atoms. The molecule has 4 nitrogen and oxygen atoms in total. The number of nitrogens with two attached hydrogens (primary N) is 1. The number of anilines is 1. The molecule has 1 fully saturated rings. The first-order chi connectivity index (χ1) is 8.70. The highest BCUT2D eigenvalue weighted by Gasteiger charge is 2.15. The van der Waals surface area contributed by atoms with Crippen LogP contribution >= 0.6 is 11.8 Å². The van der Waals surface area contributed by atoms with Gasteiger partial charge in [0, 0.05) is 23.8 Å². The van der Waals surface area contributed by atoms with Crippen LogP contribution in [0.1, 0.15) is 43.4 Å². The second-order valence-electron chi connectivity index (χ2n) is 4.88. The number of thioether (sulfide) groups is 1. The van der Waals surface area contributed by atoms with Crippen LogP contribution in [0.15, 0.2) is 5.16 Å². The second-order valence-corrected chi connectivity index (χ2v) is 5.65. The van der Waals surface area contributed by atoms with E-state index in [0.717, 1.165) is 23.0 Å². The molecule has 1 heterocycles. The summed E-state index contributed by atoms with van der Waals surface area (Å²) in [7, 11) is 0. The lowest BCUT2D eigenvalue weighted by molar-refractivity contribution is 0.372. The molecule has 3 N–H and O–H groups in total. The average molecular weight is 266 g/mol. The molecule has 0 atom stereocenters. The SMILES string of the molecule is CSc1nc(C)c(CNC2CCCCC2)c(N)n1.